The van der Waals surface area contributed by atoms with Crippen LogP contribution >= 0.6 is 0 Å². The number of nitrogens with zero attached hydrogens (tertiary/aromatic N) is 1. The van der Waals surface area contributed by atoms with Gasteiger partial charge in [-0.1, -0.05) is 0 Å². The van der Waals surface area contributed by atoms with Gasteiger partial charge in [0.25, 0.3) is 0 Å². The molecule has 0 aromatic carbocycles. The van der Waals surface area contributed by atoms with Crippen LogP contribution < -0.4 is 0 Å². The number of quaternary nitrogens is 1. The monoisotopic (exact) mass is 132 g/mol. The molecule has 0 bridgehead atoms. The van der Waals surface area contributed by atoms with E-state index in [0.717, 1.165) is 0 Å². The number of carbonyl (C=O) groups excluding carboxylic acids is 1. The molecule has 0 aliphatic rings. The molecular weight excluding hydrogens is 118 g/mol. The summed E-state index contributed by atoms with van der Waals surface area (Å²) in [5.41, 5.74) is 0. The fourth-order valence-corrected chi connectivity index (χ4v) is 0.317. The van der Waals surface area contributed by atoms with E-state index in [0.29, 0.717) is 6.61 Å². The molecule has 0 aromatic heterocycles. The van der Waals surface area contributed by atoms with Crippen molar-refractivity contribution in [2.45, 2.75) is 6.92 Å². The van der Waals surface area contributed by atoms with Crippen molar-refractivity contribution in [2.24, 2.45) is 0 Å². The second kappa shape index (κ2) is 2.82. The Kier molecular flexibility index (Phi) is 2.65. The van der Waals surface area contributed by atoms with Gasteiger partial charge >= 0.3 is 6.09 Å². The number of hydrogen-bond donors (Lipinski definition) is 0. The van der Waals surface area contributed by atoms with E-state index < -0.39 is 0 Å². The Balaban J connectivity index is 3.74. The van der Waals surface area contributed by atoms with Gasteiger partial charge in [0.15, 0.2) is 0 Å². The summed E-state index contributed by atoms with van der Waals surface area (Å²) >= 11 is 0. The molecule has 0 radical (unpaired) electrons. The second-order valence-corrected chi connectivity index (χ2v) is 2.71. The van der Waals surface area contributed by atoms with Crippen molar-refractivity contribution in [3.05, 3.63) is 0 Å². The standard InChI is InChI=1S/C6H14NO2/c1-5-9-6(8)7(2,3)4/h5H2,1-4H3/q+1. The lowest BCUT2D eigenvalue weighted by molar-refractivity contribution is -0.795. The van der Waals surface area contributed by atoms with Crippen LogP contribution in [0.25, 0.3) is 0 Å². The molecule has 0 aliphatic heterocycles. The van der Waals surface area contributed by atoms with Gasteiger partial charge in [-0.15, -0.1) is 0 Å². The molecule has 0 saturated carbocycles. The van der Waals surface area contributed by atoms with Crippen LogP contribution in [-0.4, -0.2) is 38.3 Å². The molecule has 3 heteroatoms. The number of amides is 1. The highest BCUT2D eigenvalue weighted by molar-refractivity contribution is 5.58. The number of hydrogen-bond acceptors (Lipinski definition) is 2. The maximum atomic E-state index is 10.8. The van der Waals surface area contributed by atoms with Crippen molar-refractivity contribution in [1.82, 2.24) is 0 Å². The van der Waals surface area contributed by atoms with Crippen molar-refractivity contribution in [1.29, 1.82) is 0 Å². The van der Waals surface area contributed by atoms with Crippen LogP contribution in [0, 0.1) is 0 Å². The predicted octanol–water partition coefficient (Wildman–Crippen LogP) is 0.849. The van der Waals surface area contributed by atoms with E-state index in [2.05, 4.69) is 0 Å². The van der Waals surface area contributed by atoms with Crippen molar-refractivity contribution in [3.63, 3.8) is 0 Å². The van der Waals surface area contributed by atoms with Crippen molar-refractivity contribution >= 4 is 6.09 Å². The van der Waals surface area contributed by atoms with Crippen LogP contribution in [0.2, 0.25) is 0 Å². The average Bonchev–Trinajstić information content (AvgIpc) is 1.64. The lowest BCUT2D eigenvalue weighted by atomic mass is 10.7. The number of rotatable bonds is 1. The molecule has 9 heavy (non-hydrogen) atoms. The maximum Gasteiger partial charge on any atom is 0.515 e. The highest BCUT2D eigenvalue weighted by Gasteiger charge is 2.21. The Morgan fingerprint density at radius 3 is 2.00 bits per heavy atom. The molecule has 0 spiro atoms. The van der Waals surface area contributed by atoms with E-state index in [1.807, 2.05) is 0 Å². The summed E-state index contributed by atoms with van der Waals surface area (Å²) in [5, 5.41) is 0. The Hall–Kier alpha value is -0.570. The number of carbonyl (C=O) groups is 1. The van der Waals surface area contributed by atoms with Crippen LogP contribution in [0.3, 0.4) is 0 Å². The first-order chi connectivity index (χ1) is 3.98. The van der Waals surface area contributed by atoms with E-state index in [4.69, 9.17) is 4.74 Å². The smallest absolute Gasteiger partial charge is 0.420 e. The topological polar surface area (TPSA) is 26.3 Å². The third-order valence-corrected chi connectivity index (χ3v) is 0.816. The number of ether oxygens (including phenoxy) is 1. The minimum Gasteiger partial charge on any atom is -0.420 e. The van der Waals surface area contributed by atoms with Crippen LogP contribution in [0.4, 0.5) is 4.79 Å². The molecule has 0 rings (SSSR count). The Morgan fingerprint density at radius 2 is 1.89 bits per heavy atom. The Labute approximate surface area is 55.8 Å². The van der Waals surface area contributed by atoms with Gasteiger partial charge < -0.3 is 4.74 Å². The lowest BCUT2D eigenvalue weighted by Gasteiger charge is -2.18. The summed E-state index contributed by atoms with van der Waals surface area (Å²) < 4.78 is 4.97. The normalized spacial score (nSPS) is 11.1. The summed E-state index contributed by atoms with van der Waals surface area (Å²) in [6.45, 7) is 2.25. The molecule has 3 nitrogen and oxygen atoms in total. The molecule has 0 fully saturated rings. The van der Waals surface area contributed by atoms with E-state index in [-0.39, 0.29) is 10.6 Å². The maximum absolute atomic E-state index is 10.8. The van der Waals surface area contributed by atoms with Crippen LogP contribution in [-0.2, 0) is 4.74 Å². The molecule has 0 N–H and O–H groups in total. The van der Waals surface area contributed by atoms with Gasteiger partial charge in [-0.25, -0.2) is 4.48 Å². The first-order valence-corrected chi connectivity index (χ1v) is 2.97. The highest BCUT2D eigenvalue weighted by atomic mass is 16.6. The van der Waals surface area contributed by atoms with Gasteiger partial charge in [-0.05, 0) is 6.92 Å². The zero-order valence-corrected chi connectivity index (χ0v) is 6.47. The average molecular weight is 132 g/mol. The summed E-state index contributed by atoms with van der Waals surface area (Å²) in [4.78, 5) is 10.8. The summed E-state index contributed by atoms with van der Waals surface area (Å²) in [6, 6.07) is 0. The van der Waals surface area contributed by atoms with Crippen molar-refractivity contribution in [3.8, 4) is 0 Å². The minimum absolute atomic E-state index is 0.197. The van der Waals surface area contributed by atoms with Gasteiger partial charge in [0.05, 0.1) is 27.7 Å². The van der Waals surface area contributed by atoms with E-state index in [1.54, 1.807) is 28.1 Å². The third kappa shape index (κ3) is 3.08. The summed E-state index contributed by atoms with van der Waals surface area (Å²) in [6.07, 6.45) is -0.197. The SMILES string of the molecule is CCOC(=O)[N+](C)(C)C. The van der Waals surface area contributed by atoms with Crippen LogP contribution in [0.1, 0.15) is 6.92 Å². The van der Waals surface area contributed by atoms with Gasteiger partial charge in [-0.2, -0.15) is 4.79 Å². The molecule has 0 unspecified atom stereocenters. The van der Waals surface area contributed by atoms with Gasteiger partial charge in [0.1, 0.15) is 0 Å². The fraction of sp³-hybridized carbons (Fsp3) is 0.833. The highest BCUT2D eigenvalue weighted by Crippen LogP contribution is 1.94. The molecule has 54 valence electrons. The molecule has 0 atom stereocenters. The molecule has 0 aromatic rings. The lowest BCUT2D eigenvalue weighted by Crippen LogP contribution is -2.41. The van der Waals surface area contributed by atoms with E-state index in [1.165, 1.54) is 0 Å². The minimum atomic E-state index is -0.197. The van der Waals surface area contributed by atoms with Crippen molar-refractivity contribution in [2.75, 3.05) is 27.7 Å². The molecule has 0 heterocycles. The van der Waals surface area contributed by atoms with Crippen LogP contribution in [0.5, 0.6) is 0 Å². The van der Waals surface area contributed by atoms with Gasteiger partial charge in [0, 0.05) is 0 Å². The Bertz CT molecular complexity index is 104. The third-order valence-electron chi connectivity index (χ3n) is 0.816. The van der Waals surface area contributed by atoms with Gasteiger partial charge in [0.2, 0.25) is 0 Å². The first-order valence-electron chi connectivity index (χ1n) is 2.97. The van der Waals surface area contributed by atoms with E-state index in [9.17, 15) is 4.79 Å². The molecule has 1 amide bonds. The van der Waals surface area contributed by atoms with Crippen molar-refractivity contribution < 1.29 is 14.0 Å². The summed E-state index contributed by atoms with van der Waals surface area (Å²) in [5.74, 6) is 0. The predicted molar refractivity (Wildman–Crippen MR) is 35.1 cm³/mol. The molecule has 0 aliphatic carbocycles. The Morgan fingerprint density at radius 1 is 1.44 bits per heavy atom. The first kappa shape index (κ1) is 8.43. The van der Waals surface area contributed by atoms with E-state index >= 15 is 0 Å². The zero-order valence-electron chi connectivity index (χ0n) is 6.47. The molecule has 0 saturated heterocycles. The largest absolute Gasteiger partial charge is 0.515 e. The summed E-state index contributed by atoms with van der Waals surface area (Å²) in [7, 11) is 5.33. The zero-order chi connectivity index (χ0) is 7.49. The van der Waals surface area contributed by atoms with Crippen LogP contribution in [0.15, 0.2) is 0 Å². The van der Waals surface area contributed by atoms with Gasteiger partial charge in [-0.3, -0.25) is 0 Å². The quantitative estimate of drug-likeness (QED) is 0.494. The fourth-order valence-electron chi connectivity index (χ4n) is 0.317. The molecular formula is C6H14NO2+. The second-order valence-electron chi connectivity index (χ2n) is 2.71.